The van der Waals surface area contributed by atoms with Crippen LogP contribution < -0.4 is 0 Å². The number of nitrogens with zero attached hydrogens (tertiary/aromatic N) is 1. The van der Waals surface area contributed by atoms with Crippen molar-refractivity contribution < 1.29 is 17.9 Å². The molecule has 0 saturated heterocycles. The van der Waals surface area contributed by atoms with E-state index in [4.69, 9.17) is 5.11 Å². The summed E-state index contributed by atoms with van der Waals surface area (Å²) in [4.78, 5) is 0.642. The zero-order valence-electron chi connectivity index (χ0n) is 11.7. The van der Waals surface area contributed by atoms with E-state index in [1.54, 1.807) is 25.1 Å². The van der Waals surface area contributed by atoms with Crippen LogP contribution in [0.5, 0.6) is 0 Å². The summed E-state index contributed by atoms with van der Waals surface area (Å²) in [7, 11) is -2.13. The smallest absolute Gasteiger partial charge is 0.252 e. The monoisotopic (exact) mass is 329 g/mol. The molecule has 0 fully saturated rings. The van der Waals surface area contributed by atoms with Gasteiger partial charge in [-0.3, -0.25) is 0 Å². The highest BCUT2D eigenvalue weighted by Gasteiger charge is 2.24. The SMILES string of the molecule is Cc1cc(S(=O)(=O)N(C)Cc2ccc(F)cc2)sc1CO. The second kappa shape index (κ2) is 6.23. The second-order valence-electron chi connectivity index (χ2n) is 4.72. The highest BCUT2D eigenvalue weighted by atomic mass is 32.2. The average molecular weight is 329 g/mol. The van der Waals surface area contributed by atoms with E-state index in [-0.39, 0.29) is 23.2 Å². The van der Waals surface area contributed by atoms with Crippen LogP contribution >= 0.6 is 11.3 Å². The summed E-state index contributed by atoms with van der Waals surface area (Å²) in [5, 5.41) is 9.16. The minimum atomic E-state index is -3.61. The van der Waals surface area contributed by atoms with Gasteiger partial charge in [0.05, 0.1) is 6.61 Å². The van der Waals surface area contributed by atoms with Crippen LogP contribution in [0.2, 0.25) is 0 Å². The van der Waals surface area contributed by atoms with Crippen LogP contribution in [0.3, 0.4) is 0 Å². The lowest BCUT2D eigenvalue weighted by atomic mass is 10.2. The van der Waals surface area contributed by atoms with Crippen molar-refractivity contribution in [2.75, 3.05) is 7.05 Å². The number of aliphatic hydroxyl groups excluding tert-OH is 1. The van der Waals surface area contributed by atoms with E-state index in [1.807, 2.05) is 0 Å². The van der Waals surface area contributed by atoms with Gasteiger partial charge in [0.2, 0.25) is 0 Å². The zero-order chi connectivity index (χ0) is 15.6. The van der Waals surface area contributed by atoms with E-state index in [0.29, 0.717) is 10.4 Å². The summed E-state index contributed by atoms with van der Waals surface area (Å²) in [6.45, 7) is 1.75. The molecule has 0 aliphatic rings. The van der Waals surface area contributed by atoms with Crippen LogP contribution in [-0.2, 0) is 23.2 Å². The van der Waals surface area contributed by atoms with Gasteiger partial charge in [-0.25, -0.2) is 12.8 Å². The first-order valence-corrected chi connectivity index (χ1v) is 8.51. The summed E-state index contributed by atoms with van der Waals surface area (Å²) in [6, 6.07) is 7.27. The highest BCUT2D eigenvalue weighted by molar-refractivity contribution is 7.91. The van der Waals surface area contributed by atoms with Crippen LogP contribution in [0.4, 0.5) is 4.39 Å². The molecule has 4 nitrogen and oxygen atoms in total. The van der Waals surface area contributed by atoms with Gasteiger partial charge >= 0.3 is 0 Å². The van der Waals surface area contributed by atoms with Crippen molar-refractivity contribution in [3.8, 4) is 0 Å². The van der Waals surface area contributed by atoms with Crippen LogP contribution in [0.25, 0.3) is 0 Å². The topological polar surface area (TPSA) is 57.6 Å². The van der Waals surface area contributed by atoms with Crippen molar-refractivity contribution >= 4 is 21.4 Å². The Morgan fingerprint density at radius 1 is 1.29 bits per heavy atom. The molecule has 1 aromatic heterocycles. The lowest BCUT2D eigenvalue weighted by Crippen LogP contribution is -2.25. The largest absolute Gasteiger partial charge is 0.391 e. The van der Waals surface area contributed by atoms with Gasteiger partial charge < -0.3 is 5.11 Å². The summed E-state index contributed by atoms with van der Waals surface area (Å²) >= 11 is 1.07. The average Bonchev–Trinajstić information content (AvgIpc) is 2.83. The molecule has 0 spiro atoms. The van der Waals surface area contributed by atoms with Crippen molar-refractivity contribution in [2.24, 2.45) is 0 Å². The molecule has 1 heterocycles. The number of aryl methyl sites for hydroxylation is 1. The summed E-state index contributed by atoms with van der Waals surface area (Å²) < 4.78 is 39.2. The molecule has 0 unspecified atom stereocenters. The van der Waals surface area contributed by atoms with Gasteiger partial charge in [-0.05, 0) is 36.2 Å². The van der Waals surface area contributed by atoms with Crippen molar-refractivity contribution in [1.82, 2.24) is 4.31 Å². The van der Waals surface area contributed by atoms with E-state index in [0.717, 1.165) is 16.9 Å². The van der Waals surface area contributed by atoms with Gasteiger partial charge in [0.1, 0.15) is 10.0 Å². The maximum absolute atomic E-state index is 12.9. The molecule has 0 atom stereocenters. The number of halogens is 1. The molecule has 0 amide bonds. The van der Waals surface area contributed by atoms with Crippen molar-refractivity contribution in [1.29, 1.82) is 0 Å². The number of hydrogen-bond donors (Lipinski definition) is 1. The maximum atomic E-state index is 12.9. The lowest BCUT2D eigenvalue weighted by molar-refractivity contribution is 0.285. The van der Waals surface area contributed by atoms with Crippen molar-refractivity contribution in [2.45, 2.75) is 24.3 Å². The molecule has 1 N–H and O–H groups in total. The van der Waals surface area contributed by atoms with Crippen LogP contribution in [0, 0.1) is 12.7 Å². The van der Waals surface area contributed by atoms with Crippen molar-refractivity contribution in [3.05, 3.63) is 52.2 Å². The van der Waals surface area contributed by atoms with Gasteiger partial charge in [-0.15, -0.1) is 11.3 Å². The molecule has 2 rings (SSSR count). The molecule has 21 heavy (non-hydrogen) atoms. The summed E-state index contributed by atoms with van der Waals surface area (Å²) in [6.07, 6.45) is 0. The first kappa shape index (κ1) is 16.1. The molecule has 0 saturated carbocycles. The van der Waals surface area contributed by atoms with Crippen LogP contribution in [-0.4, -0.2) is 24.9 Å². The molecule has 0 bridgehead atoms. The Labute approximate surface area is 127 Å². The van der Waals surface area contributed by atoms with E-state index >= 15 is 0 Å². The molecule has 2 aromatic rings. The summed E-state index contributed by atoms with van der Waals surface area (Å²) in [5.41, 5.74) is 1.47. The van der Waals surface area contributed by atoms with E-state index in [1.165, 1.54) is 23.5 Å². The molecule has 0 aliphatic heterocycles. The fourth-order valence-electron chi connectivity index (χ4n) is 1.86. The number of sulfonamides is 1. The third-order valence-corrected chi connectivity index (χ3v) is 6.60. The normalized spacial score (nSPS) is 12.0. The quantitative estimate of drug-likeness (QED) is 0.917. The highest BCUT2D eigenvalue weighted by Crippen LogP contribution is 2.28. The third kappa shape index (κ3) is 3.49. The van der Waals surface area contributed by atoms with E-state index in [2.05, 4.69) is 0 Å². The minimum absolute atomic E-state index is 0.161. The summed E-state index contributed by atoms with van der Waals surface area (Å²) in [5.74, 6) is -0.356. The van der Waals surface area contributed by atoms with Gasteiger partial charge in [-0.1, -0.05) is 12.1 Å². The van der Waals surface area contributed by atoms with E-state index < -0.39 is 10.0 Å². The molecular weight excluding hydrogens is 313 g/mol. The van der Waals surface area contributed by atoms with Gasteiger partial charge in [-0.2, -0.15) is 4.31 Å². The fraction of sp³-hybridized carbons (Fsp3) is 0.286. The Morgan fingerprint density at radius 3 is 2.43 bits per heavy atom. The third-order valence-electron chi connectivity index (χ3n) is 3.12. The molecule has 0 aliphatic carbocycles. The Kier molecular flexibility index (Phi) is 4.77. The van der Waals surface area contributed by atoms with Gasteiger partial charge in [0.15, 0.2) is 0 Å². The fourth-order valence-corrected chi connectivity index (χ4v) is 4.68. The Bertz CT molecular complexity index is 723. The van der Waals surface area contributed by atoms with E-state index in [9.17, 15) is 12.8 Å². The first-order valence-electron chi connectivity index (χ1n) is 6.25. The number of benzene rings is 1. The molecule has 114 valence electrons. The van der Waals surface area contributed by atoms with Gasteiger partial charge in [0.25, 0.3) is 10.0 Å². The van der Waals surface area contributed by atoms with Gasteiger partial charge in [0, 0.05) is 18.5 Å². The Balaban J connectivity index is 2.23. The molecule has 0 radical (unpaired) electrons. The Morgan fingerprint density at radius 2 is 1.90 bits per heavy atom. The van der Waals surface area contributed by atoms with Crippen LogP contribution in [0.15, 0.2) is 34.5 Å². The predicted molar refractivity (Wildman–Crippen MR) is 80.0 cm³/mol. The molecule has 1 aromatic carbocycles. The number of rotatable bonds is 5. The number of hydrogen-bond acceptors (Lipinski definition) is 4. The van der Waals surface area contributed by atoms with Crippen molar-refractivity contribution in [3.63, 3.8) is 0 Å². The minimum Gasteiger partial charge on any atom is -0.391 e. The lowest BCUT2D eigenvalue weighted by Gasteiger charge is -2.16. The maximum Gasteiger partial charge on any atom is 0.252 e. The number of aliphatic hydroxyl groups is 1. The molecule has 7 heteroatoms. The van der Waals surface area contributed by atoms with Crippen LogP contribution in [0.1, 0.15) is 16.0 Å². The Hall–Kier alpha value is -1.28. The number of thiophene rings is 1. The second-order valence-corrected chi connectivity index (χ2v) is 8.13. The standard InChI is InChI=1S/C14H16FNO3S2/c1-10-7-14(20-13(10)9-17)21(18,19)16(2)8-11-3-5-12(15)6-4-11/h3-7,17H,8-9H2,1-2H3. The predicted octanol–water partition coefficient (Wildman–Crippen LogP) is 2.51. The zero-order valence-corrected chi connectivity index (χ0v) is 13.3. The molecular formula is C14H16FNO3S2. The first-order chi connectivity index (χ1) is 9.84.